The van der Waals surface area contributed by atoms with Crippen LogP contribution in [0, 0.1) is 0 Å². The second-order valence-corrected chi connectivity index (χ2v) is 3.61. The Morgan fingerprint density at radius 2 is 1.94 bits per heavy atom. The van der Waals surface area contributed by atoms with Crippen molar-refractivity contribution in [1.82, 2.24) is 4.98 Å². The minimum absolute atomic E-state index is 0.406. The van der Waals surface area contributed by atoms with Crippen LogP contribution in [0.15, 0.2) is 53.8 Å². The normalized spacial score (nSPS) is 11.4. The van der Waals surface area contributed by atoms with E-state index in [9.17, 15) is 0 Å². The van der Waals surface area contributed by atoms with E-state index in [4.69, 9.17) is 16.8 Å². The maximum atomic E-state index is 9.03. The summed E-state index contributed by atoms with van der Waals surface area (Å²) in [6.07, 6.45) is 1.58. The van der Waals surface area contributed by atoms with E-state index in [-0.39, 0.29) is 0 Å². The Morgan fingerprint density at radius 1 is 1.19 bits per heavy atom. The van der Waals surface area contributed by atoms with Gasteiger partial charge in [-0.1, -0.05) is 47.1 Å². The summed E-state index contributed by atoms with van der Waals surface area (Å²) in [7, 11) is 0. The Kier molecular flexibility index (Phi) is 3.17. The quantitative estimate of drug-likeness (QED) is 0.492. The number of aromatic nitrogens is 1. The molecule has 0 aliphatic rings. The first kappa shape index (κ1) is 10.6. The third kappa shape index (κ3) is 2.20. The Morgan fingerprint density at radius 3 is 2.56 bits per heavy atom. The molecule has 0 bridgehead atoms. The van der Waals surface area contributed by atoms with Gasteiger partial charge in [-0.25, -0.2) is 0 Å². The van der Waals surface area contributed by atoms with Crippen LogP contribution in [0.2, 0.25) is 5.02 Å². The van der Waals surface area contributed by atoms with Gasteiger partial charge in [-0.15, -0.1) is 0 Å². The summed E-state index contributed by atoms with van der Waals surface area (Å²) in [5.41, 5.74) is 1.74. The summed E-state index contributed by atoms with van der Waals surface area (Å²) >= 11 is 5.86. The van der Waals surface area contributed by atoms with Crippen LogP contribution in [-0.4, -0.2) is 15.9 Å². The van der Waals surface area contributed by atoms with Crippen molar-refractivity contribution in [3.63, 3.8) is 0 Å². The van der Waals surface area contributed by atoms with Gasteiger partial charge in [0.1, 0.15) is 5.71 Å². The predicted octanol–water partition coefficient (Wildman–Crippen LogP) is 2.96. The second-order valence-electron chi connectivity index (χ2n) is 3.17. The molecule has 0 atom stereocenters. The van der Waals surface area contributed by atoms with Gasteiger partial charge >= 0.3 is 0 Å². The van der Waals surface area contributed by atoms with Crippen molar-refractivity contribution in [2.24, 2.45) is 5.16 Å². The number of hydrogen-bond donors (Lipinski definition) is 1. The minimum Gasteiger partial charge on any atom is -0.410 e. The Labute approximate surface area is 98.0 Å². The molecular weight excluding hydrogens is 224 g/mol. The molecule has 2 aromatic rings. The van der Waals surface area contributed by atoms with Crippen LogP contribution in [0.25, 0.3) is 0 Å². The fourth-order valence-electron chi connectivity index (χ4n) is 1.39. The topological polar surface area (TPSA) is 45.5 Å². The molecule has 2 rings (SSSR count). The number of hydrogen-bond acceptors (Lipinski definition) is 3. The SMILES string of the molecule is O/N=C(/c1ccccc1)c1cc(Cl)ccn1. The van der Waals surface area contributed by atoms with Gasteiger partial charge in [0.15, 0.2) is 0 Å². The van der Waals surface area contributed by atoms with Crippen molar-refractivity contribution >= 4 is 17.3 Å². The first-order chi connectivity index (χ1) is 7.81. The molecule has 1 heterocycles. The summed E-state index contributed by atoms with van der Waals surface area (Å²) in [6, 6.07) is 12.6. The van der Waals surface area contributed by atoms with Crippen LogP contribution in [0.4, 0.5) is 0 Å². The first-order valence-electron chi connectivity index (χ1n) is 4.70. The summed E-state index contributed by atoms with van der Waals surface area (Å²) in [4.78, 5) is 4.11. The Balaban J connectivity index is 2.46. The van der Waals surface area contributed by atoms with Crippen molar-refractivity contribution in [3.8, 4) is 0 Å². The van der Waals surface area contributed by atoms with Crippen molar-refractivity contribution in [3.05, 3.63) is 64.9 Å². The minimum atomic E-state index is 0.406. The van der Waals surface area contributed by atoms with Gasteiger partial charge in [0.2, 0.25) is 0 Å². The van der Waals surface area contributed by atoms with E-state index in [0.29, 0.717) is 16.4 Å². The number of pyridine rings is 1. The summed E-state index contributed by atoms with van der Waals surface area (Å²) in [5, 5.41) is 12.9. The lowest BCUT2D eigenvalue weighted by Crippen LogP contribution is -2.05. The summed E-state index contributed by atoms with van der Waals surface area (Å²) < 4.78 is 0. The van der Waals surface area contributed by atoms with Gasteiger partial charge in [0.05, 0.1) is 5.69 Å². The largest absolute Gasteiger partial charge is 0.410 e. The highest BCUT2D eigenvalue weighted by atomic mass is 35.5. The molecule has 16 heavy (non-hydrogen) atoms. The van der Waals surface area contributed by atoms with Crippen molar-refractivity contribution in [2.75, 3.05) is 0 Å². The molecule has 0 radical (unpaired) electrons. The molecule has 4 heteroatoms. The average Bonchev–Trinajstić information content (AvgIpc) is 2.31. The molecule has 1 aromatic heterocycles. The van der Waals surface area contributed by atoms with E-state index in [1.807, 2.05) is 30.3 Å². The fourth-order valence-corrected chi connectivity index (χ4v) is 1.55. The van der Waals surface area contributed by atoms with Crippen LogP contribution >= 0.6 is 11.6 Å². The summed E-state index contributed by atoms with van der Waals surface area (Å²) in [5.74, 6) is 0. The zero-order valence-corrected chi connectivity index (χ0v) is 9.09. The molecule has 0 amide bonds. The molecule has 0 aliphatic heterocycles. The molecule has 0 unspecified atom stereocenters. The molecule has 0 fully saturated rings. The molecule has 0 spiro atoms. The van der Waals surface area contributed by atoms with Gasteiger partial charge in [-0.05, 0) is 12.1 Å². The lowest BCUT2D eigenvalue weighted by Gasteiger charge is -2.03. The van der Waals surface area contributed by atoms with E-state index in [2.05, 4.69) is 10.1 Å². The van der Waals surface area contributed by atoms with E-state index in [1.54, 1.807) is 18.3 Å². The molecule has 0 aliphatic carbocycles. The van der Waals surface area contributed by atoms with Gasteiger partial charge in [0, 0.05) is 16.8 Å². The van der Waals surface area contributed by atoms with Gasteiger partial charge in [-0.2, -0.15) is 0 Å². The molecule has 80 valence electrons. The highest BCUT2D eigenvalue weighted by molar-refractivity contribution is 6.31. The predicted molar refractivity (Wildman–Crippen MR) is 63.1 cm³/mol. The highest BCUT2D eigenvalue weighted by Gasteiger charge is 2.08. The lowest BCUT2D eigenvalue weighted by atomic mass is 10.1. The number of nitrogens with zero attached hydrogens (tertiary/aromatic N) is 2. The molecule has 0 saturated heterocycles. The molecule has 1 aromatic carbocycles. The lowest BCUT2D eigenvalue weighted by molar-refractivity contribution is 0.319. The van der Waals surface area contributed by atoms with Crippen LogP contribution < -0.4 is 0 Å². The monoisotopic (exact) mass is 232 g/mol. The van der Waals surface area contributed by atoms with Gasteiger partial charge in [0.25, 0.3) is 0 Å². The van der Waals surface area contributed by atoms with Crippen LogP contribution in [0.1, 0.15) is 11.3 Å². The summed E-state index contributed by atoms with van der Waals surface area (Å²) in [6.45, 7) is 0. The Hall–Kier alpha value is -1.87. The molecule has 3 nitrogen and oxygen atoms in total. The zero-order chi connectivity index (χ0) is 11.4. The molecule has 0 saturated carbocycles. The van der Waals surface area contributed by atoms with E-state index < -0.39 is 0 Å². The Bertz CT molecular complexity index is 511. The van der Waals surface area contributed by atoms with E-state index in [0.717, 1.165) is 5.56 Å². The third-order valence-corrected chi connectivity index (χ3v) is 2.35. The van der Waals surface area contributed by atoms with Crippen molar-refractivity contribution in [1.29, 1.82) is 0 Å². The molecular formula is C12H9ClN2O. The standard InChI is InChI=1S/C12H9ClN2O/c13-10-6-7-14-11(8-10)12(15-16)9-4-2-1-3-5-9/h1-8,16H/b15-12-. The average molecular weight is 233 g/mol. The van der Waals surface area contributed by atoms with E-state index in [1.165, 1.54) is 0 Å². The molecule has 1 N–H and O–H groups in total. The van der Waals surface area contributed by atoms with E-state index >= 15 is 0 Å². The number of rotatable bonds is 2. The number of benzene rings is 1. The fraction of sp³-hybridized carbons (Fsp3) is 0. The maximum Gasteiger partial charge on any atom is 0.135 e. The van der Waals surface area contributed by atoms with Gasteiger partial charge in [-0.3, -0.25) is 4.98 Å². The number of oxime groups is 1. The highest BCUT2D eigenvalue weighted by Crippen LogP contribution is 2.13. The first-order valence-corrected chi connectivity index (χ1v) is 5.08. The van der Waals surface area contributed by atoms with Crippen LogP contribution in [0.5, 0.6) is 0 Å². The smallest absolute Gasteiger partial charge is 0.135 e. The van der Waals surface area contributed by atoms with Gasteiger partial charge < -0.3 is 5.21 Å². The van der Waals surface area contributed by atoms with Crippen molar-refractivity contribution in [2.45, 2.75) is 0 Å². The maximum absolute atomic E-state index is 9.03. The number of halogens is 1. The van der Waals surface area contributed by atoms with Crippen LogP contribution in [0.3, 0.4) is 0 Å². The second kappa shape index (κ2) is 4.77. The third-order valence-electron chi connectivity index (χ3n) is 2.11. The van der Waals surface area contributed by atoms with Crippen LogP contribution in [-0.2, 0) is 0 Å². The van der Waals surface area contributed by atoms with Crippen molar-refractivity contribution < 1.29 is 5.21 Å². The zero-order valence-electron chi connectivity index (χ0n) is 8.34.